The molecule has 0 saturated heterocycles. The number of benzene rings is 2. The number of nitrogens with zero attached hydrogens (tertiary/aromatic N) is 2. The summed E-state index contributed by atoms with van der Waals surface area (Å²) >= 11 is 0. The number of fused-ring (bicyclic) bond motifs is 1. The van der Waals surface area contributed by atoms with Crippen LogP contribution in [0.25, 0.3) is 5.69 Å². The molecule has 4 rings (SSSR count). The number of Topliss-reactive ketones (excluding diaryl/α,β-unsaturated/α-hetero) is 1. The van der Waals surface area contributed by atoms with Crippen molar-refractivity contribution in [1.82, 2.24) is 9.78 Å². The summed E-state index contributed by atoms with van der Waals surface area (Å²) in [7, 11) is 1.65. The number of hydrogen-bond donors (Lipinski definition) is 1. The fourth-order valence-corrected chi connectivity index (χ4v) is 4.05. The van der Waals surface area contributed by atoms with Crippen LogP contribution in [0.15, 0.2) is 42.5 Å². The summed E-state index contributed by atoms with van der Waals surface area (Å²) in [5.41, 5.74) is 5.80. The van der Waals surface area contributed by atoms with E-state index in [1.54, 1.807) is 7.11 Å². The minimum Gasteiger partial charge on any atom is -0.497 e. The molecule has 29 heavy (non-hydrogen) atoms. The Balaban J connectivity index is 1.83. The van der Waals surface area contributed by atoms with E-state index in [0.29, 0.717) is 17.8 Å². The van der Waals surface area contributed by atoms with Gasteiger partial charge in [-0.3, -0.25) is 4.79 Å². The van der Waals surface area contributed by atoms with E-state index in [0.717, 1.165) is 34.8 Å². The Bertz CT molecular complexity index is 1080. The lowest BCUT2D eigenvalue weighted by molar-refractivity contribution is 0.0912. The maximum absolute atomic E-state index is 13.1. The van der Waals surface area contributed by atoms with Gasteiger partial charge in [0, 0.05) is 12.1 Å². The van der Waals surface area contributed by atoms with Crippen LogP contribution in [0, 0.1) is 19.3 Å². The lowest BCUT2D eigenvalue weighted by atomic mass is 9.76. The van der Waals surface area contributed by atoms with Crippen molar-refractivity contribution in [3.63, 3.8) is 0 Å². The molecule has 1 N–H and O–H groups in total. The van der Waals surface area contributed by atoms with E-state index in [9.17, 15) is 4.79 Å². The molecule has 3 aromatic rings. The first-order chi connectivity index (χ1) is 13.8. The monoisotopic (exact) mass is 389 g/mol. The molecular formula is C24H27N3O2. The zero-order valence-corrected chi connectivity index (χ0v) is 17.7. The summed E-state index contributed by atoms with van der Waals surface area (Å²) < 4.78 is 7.18. The SMILES string of the molecule is COc1ccc(-n2nc(Nc3ccc(C)cc3C)c3c2CC(C)(C)CC3=O)cc1. The number of nitrogens with one attached hydrogen (secondary N) is 1. The van der Waals surface area contributed by atoms with Gasteiger partial charge in [0.25, 0.3) is 0 Å². The number of ether oxygens (including phenoxy) is 1. The van der Waals surface area contributed by atoms with Gasteiger partial charge < -0.3 is 10.1 Å². The number of anilines is 2. The summed E-state index contributed by atoms with van der Waals surface area (Å²) in [6.45, 7) is 8.41. The van der Waals surface area contributed by atoms with Crippen molar-refractivity contribution in [2.75, 3.05) is 12.4 Å². The van der Waals surface area contributed by atoms with Crippen molar-refractivity contribution in [2.24, 2.45) is 5.41 Å². The molecule has 5 nitrogen and oxygen atoms in total. The van der Waals surface area contributed by atoms with Crippen LogP contribution in [-0.2, 0) is 6.42 Å². The van der Waals surface area contributed by atoms with Crippen molar-refractivity contribution in [3.05, 3.63) is 64.8 Å². The molecule has 1 aromatic heterocycles. The third-order valence-electron chi connectivity index (χ3n) is 5.50. The van der Waals surface area contributed by atoms with Crippen molar-refractivity contribution in [3.8, 4) is 11.4 Å². The van der Waals surface area contributed by atoms with Gasteiger partial charge >= 0.3 is 0 Å². The zero-order valence-electron chi connectivity index (χ0n) is 17.7. The van der Waals surface area contributed by atoms with Crippen LogP contribution in [0.5, 0.6) is 5.75 Å². The highest BCUT2D eigenvalue weighted by atomic mass is 16.5. The molecule has 0 aliphatic heterocycles. The number of carbonyl (C=O) groups excluding carboxylic acids is 1. The van der Waals surface area contributed by atoms with Crippen LogP contribution in [0.1, 0.15) is 47.4 Å². The molecule has 0 spiro atoms. The first kappa shape index (κ1) is 19.2. The van der Waals surface area contributed by atoms with Crippen LogP contribution < -0.4 is 10.1 Å². The Morgan fingerprint density at radius 1 is 1.07 bits per heavy atom. The molecule has 1 aliphatic rings. The largest absolute Gasteiger partial charge is 0.497 e. The van der Waals surface area contributed by atoms with E-state index in [2.05, 4.69) is 45.1 Å². The predicted molar refractivity (Wildman–Crippen MR) is 116 cm³/mol. The van der Waals surface area contributed by atoms with Gasteiger partial charge in [0.05, 0.1) is 24.1 Å². The van der Waals surface area contributed by atoms with Crippen molar-refractivity contribution in [2.45, 2.75) is 40.5 Å². The molecule has 2 aromatic carbocycles. The first-order valence-corrected chi connectivity index (χ1v) is 9.91. The summed E-state index contributed by atoms with van der Waals surface area (Å²) in [6, 6.07) is 14.0. The standard InChI is InChI=1S/C24H27N3O2/c1-15-6-11-19(16(2)12-15)25-23-22-20(13-24(3,4)14-21(22)28)27(26-23)17-7-9-18(29-5)10-8-17/h6-12H,13-14H2,1-5H3,(H,25,26). The number of aryl methyl sites for hydroxylation is 2. The molecule has 0 bridgehead atoms. The Morgan fingerprint density at radius 3 is 2.45 bits per heavy atom. The van der Waals surface area contributed by atoms with Crippen LogP contribution >= 0.6 is 0 Å². The molecule has 0 amide bonds. The summed E-state index contributed by atoms with van der Waals surface area (Å²) in [5.74, 6) is 1.56. The van der Waals surface area contributed by atoms with Crippen LogP contribution in [0.3, 0.4) is 0 Å². The smallest absolute Gasteiger partial charge is 0.169 e. The normalized spacial score (nSPS) is 15.1. The highest BCUT2D eigenvalue weighted by Crippen LogP contribution is 2.39. The molecule has 1 heterocycles. The first-order valence-electron chi connectivity index (χ1n) is 9.91. The highest BCUT2D eigenvalue weighted by Gasteiger charge is 2.37. The summed E-state index contributed by atoms with van der Waals surface area (Å²) in [4.78, 5) is 13.1. The lowest BCUT2D eigenvalue weighted by Crippen LogP contribution is -2.28. The fourth-order valence-electron chi connectivity index (χ4n) is 4.05. The van der Waals surface area contributed by atoms with E-state index >= 15 is 0 Å². The average molecular weight is 389 g/mol. The molecule has 0 fully saturated rings. The van der Waals surface area contributed by atoms with Crippen molar-refractivity contribution >= 4 is 17.3 Å². The highest BCUT2D eigenvalue weighted by molar-refractivity contribution is 6.03. The van der Waals surface area contributed by atoms with Crippen molar-refractivity contribution < 1.29 is 9.53 Å². The topological polar surface area (TPSA) is 56.1 Å². The lowest BCUT2D eigenvalue weighted by Gasteiger charge is -2.29. The third-order valence-corrected chi connectivity index (χ3v) is 5.50. The second-order valence-corrected chi connectivity index (χ2v) is 8.66. The van der Waals surface area contributed by atoms with E-state index in [-0.39, 0.29) is 11.2 Å². The van der Waals surface area contributed by atoms with Crippen molar-refractivity contribution in [1.29, 1.82) is 0 Å². The van der Waals surface area contributed by atoms with Gasteiger partial charge in [-0.2, -0.15) is 0 Å². The quantitative estimate of drug-likeness (QED) is 0.649. The van der Waals surface area contributed by atoms with Gasteiger partial charge in [0.15, 0.2) is 11.6 Å². The number of rotatable bonds is 4. The Hall–Kier alpha value is -3.08. The molecule has 150 valence electrons. The molecule has 1 aliphatic carbocycles. The maximum atomic E-state index is 13.1. The van der Waals surface area contributed by atoms with Crippen LogP contribution in [0.2, 0.25) is 0 Å². The van der Waals surface area contributed by atoms with Gasteiger partial charge in [0.1, 0.15) is 5.75 Å². The van der Waals surface area contributed by atoms with E-state index in [1.807, 2.05) is 35.0 Å². The minimum absolute atomic E-state index is 0.0919. The number of hydrogen-bond acceptors (Lipinski definition) is 4. The molecule has 0 unspecified atom stereocenters. The summed E-state index contributed by atoms with van der Waals surface area (Å²) in [6.07, 6.45) is 1.32. The summed E-state index contributed by atoms with van der Waals surface area (Å²) in [5, 5.41) is 8.26. The molecular weight excluding hydrogens is 362 g/mol. The van der Waals surface area contributed by atoms with Gasteiger partial charge in [-0.25, -0.2) is 4.68 Å². The maximum Gasteiger partial charge on any atom is 0.169 e. The predicted octanol–water partition coefficient (Wildman–Crippen LogP) is 5.40. The third kappa shape index (κ3) is 3.65. The number of methoxy groups -OCH3 is 1. The van der Waals surface area contributed by atoms with E-state index in [4.69, 9.17) is 9.84 Å². The molecule has 0 saturated carbocycles. The zero-order chi connectivity index (χ0) is 20.8. The van der Waals surface area contributed by atoms with E-state index < -0.39 is 0 Å². The van der Waals surface area contributed by atoms with Gasteiger partial charge in [0.2, 0.25) is 0 Å². The molecule has 0 radical (unpaired) electrons. The Morgan fingerprint density at radius 2 is 1.79 bits per heavy atom. The fraction of sp³-hybridized carbons (Fsp3) is 0.333. The van der Waals surface area contributed by atoms with Gasteiger partial charge in [-0.05, 0) is 61.6 Å². The molecule has 5 heteroatoms. The second-order valence-electron chi connectivity index (χ2n) is 8.66. The minimum atomic E-state index is -0.0919. The van der Waals surface area contributed by atoms with Crippen LogP contribution in [-0.4, -0.2) is 22.7 Å². The second kappa shape index (κ2) is 7.07. The average Bonchev–Trinajstić information content (AvgIpc) is 3.01. The van der Waals surface area contributed by atoms with Gasteiger partial charge in [-0.15, -0.1) is 5.10 Å². The Labute approximate surface area is 171 Å². The Kier molecular flexibility index (Phi) is 4.69. The van der Waals surface area contributed by atoms with Crippen LogP contribution in [0.4, 0.5) is 11.5 Å². The number of ketones is 1. The van der Waals surface area contributed by atoms with E-state index in [1.165, 1.54) is 5.56 Å². The van der Waals surface area contributed by atoms with Gasteiger partial charge in [-0.1, -0.05) is 31.5 Å². The number of aromatic nitrogens is 2. The number of carbonyl (C=O) groups is 1. The molecule has 0 atom stereocenters.